The van der Waals surface area contributed by atoms with E-state index in [0.29, 0.717) is 11.3 Å². The number of amides is 1. The molecule has 0 saturated heterocycles. The molecule has 0 spiro atoms. The van der Waals surface area contributed by atoms with Crippen LogP contribution in [0.5, 0.6) is 0 Å². The van der Waals surface area contributed by atoms with Crippen molar-refractivity contribution < 1.29 is 13.2 Å². The molecule has 1 aliphatic rings. The number of sulfonamides is 1. The first-order valence-corrected chi connectivity index (χ1v) is 12.4. The van der Waals surface area contributed by atoms with Gasteiger partial charge in [-0.3, -0.25) is 9.52 Å². The van der Waals surface area contributed by atoms with Gasteiger partial charge in [-0.25, -0.2) is 8.42 Å². The summed E-state index contributed by atoms with van der Waals surface area (Å²) in [5.41, 5.74) is 5.60. The van der Waals surface area contributed by atoms with Gasteiger partial charge in [-0.2, -0.15) is 0 Å². The normalized spacial score (nSPS) is 14.3. The van der Waals surface area contributed by atoms with Gasteiger partial charge >= 0.3 is 0 Å². The second-order valence-corrected chi connectivity index (χ2v) is 10.1. The Balaban J connectivity index is 1.47. The highest BCUT2D eigenvalue weighted by Crippen LogP contribution is 2.25. The Morgan fingerprint density at radius 3 is 2.38 bits per heavy atom. The number of aryl methyl sites for hydroxylation is 3. The quantitative estimate of drug-likeness (QED) is 0.547. The maximum atomic E-state index is 12.9. The van der Waals surface area contributed by atoms with Gasteiger partial charge in [-0.1, -0.05) is 42.0 Å². The standard InChI is InChI=1S/C26H28N2O3S/c1-18-10-14-25(15-11-18)32(30,31)28-24-9-5-8-23(17-24)26(29)27-19(2)21-13-12-20-6-3-4-7-22(20)16-21/h5,8-17,19,28H,3-4,6-7H2,1-2H3,(H,27,29)/t19-/m1/s1. The summed E-state index contributed by atoms with van der Waals surface area (Å²) in [6.45, 7) is 3.86. The first-order chi connectivity index (χ1) is 15.3. The molecule has 2 N–H and O–H groups in total. The summed E-state index contributed by atoms with van der Waals surface area (Å²) in [6.07, 6.45) is 4.67. The largest absolute Gasteiger partial charge is 0.346 e. The Kier molecular flexibility index (Phi) is 6.33. The highest BCUT2D eigenvalue weighted by atomic mass is 32.2. The molecule has 32 heavy (non-hydrogen) atoms. The van der Waals surface area contributed by atoms with Crippen molar-refractivity contribution in [2.45, 2.75) is 50.5 Å². The summed E-state index contributed by atoms with van der Waals surface area (Å²) in [6, 6.07) is 19.5. The fourth-order valence-electron chi connectivity index (χ4n) is 4.04. The molecule has 1 aliphatic carbocycles. The molecule has 6 heteroatoms. The number of nitrogens with one attached hydrogen (secondary N) is 2. The summed E-state index contributed by atoms with van der Waals surface area (Å²) in [5.74, 6) is -0.244. The fraction of sp³-hybridized carbons (Fsp3) is 0.269. The minimum Gasteiger partial charge on any atom is -0.346 e. The zero-order chi connectivity index (χ0) is 22.7. The zero-order valence-corrected chi connectivity index (χ0v) is 19.2. The van der Waals surface area contributed by atoms with Crippen LogP contribution in [-0.4, -0.2) is 14.3 Å². The highest BCUT2D eigenvalue weighted by Gasteiger charge is 2.17. The number of rotatable bonds is 6. The molecule has 3 aromatic carbocycles. The van der Waals surface area contributed by atoms with Crippen molar-refractivity contribution in [2.75, 3.05) is 4.72 Å². The Morgan fingerprint density at radius 2 is 1.62 bits per heavy atom. The van der Waals surface area contributed by atoms with E-state index in [1.165, 1.54) is 24.0 Å². The van der Waals surface area contributed by atoms with E-state index in [-0.39, 0.29) is 16.8 Å². The van der Waals surface area contributed by atoms with Crippen LogP contribution >= 0.6 is 0 Å². The van der Waals surface area contributed by atoms with Crippen molar-refractivity contribution >= 4 is 21.6 Å². The minimum absolute atomic E-state index is 0.150. The van der Waals surface area contributed by atoms with Gasteiger partial charge in [-0.05, 0) is 86.6 Å². The topological polar surface area (TPSA) is 75.3 Å². The van der Waals surface area contributed by atoms with Crippen LogP contribution in [-0.2, 0) is 22.9 Å². The number of fused-ring (bicyclic) bond motifs is 1. The molecule has 0 aromatic heterocycles. The monoisotopic (exact) mass is 448 g/mol. The van der Waals surface area contributed by atoms with Crippen LogP contribution < -0.4 is 10.0 Å². The predicted octanol–water partition coefficient (Wildman–Crippen LogP) is 5.17. The third kappa shape index (κ3) is 5.02. The SMILES string of the molecule is Cc1ccc(S(=O)(=O)Nc2cccc(C(=O)N[C@H](C)c3ccc4c(c3)CCCC4)c2)cc1. The minimum atomic E-state index is -3.73. The molecular formula is C26H28N2O3S. The van der Waals surface area contributed by atoms with E-state index >= 15 is 0 Å². The van der Waals surface area contributed by atoms with Crippen LogP contribution in [0.3, 0.4) is 0 Å². The van der Waals surface area contributed by atoms with Gasteiger partial charge in [0.1, 0.15) is 0 Å². The first-order valence-electron chi connectivity index (χ1n) is 10.9. The maximum absolute atomic E-state index is 12.9. The van der Waals surface area contributed by atoms with E-state index in [9.17, 15) is 13.2 Å². The fourth-order valence-corrected chi connectivity index (χ4v) is 5.09. The van der Waals surface area contributed by atoms with Crippen molar-refractivity contribution in [3.63, 3.8) is 0 Å². The van der Waals surface area contributed by atoms with Crippen molar-refractivity contribution in [1.82, 2.24) is 5.32 Å². The van der Waals surface area contributed by atoms with E-state index in [1.807, 2.05) is 13.8 Å². The van der Waals surface area contributed by atoms with E-state index in [0.717, 1.165) is 24.0 Å². The molecule has 0 radical (unpaired) electrons. The number of anilines is 1. The lowest BCUT2D eigenvalue weighted by atomic mass is 9.89. The summed E-state index contributed by atoms with van der Waals surface area (Å²) < 4.78 is 27.9. The smallest absolute Gasteiger partial charge is 0.261 e. The number of carbonyl (C=O) groups excluding carboxylic acids is 1. The molecule has 0 fully saturated rings. The van der Waals surface area contributed by atoms with Gasteiger partial charge in [0, 0.05) is 11.3 Å². The van der Waals surface area contributed by atoms with Crippen molar-refractivity contribution in [3.8, 4) is 0 Å². The van der Waals surface area contributed by atoms with Crippen LogP contribution in [0, 0.1) is 6.92 Å². The second-order valence-electron chi connectivity index (χ2n) is 8.43. The van der Waals surface area contributed by atoms with Crippen LogP contribution in [0.1, 0.15) is 58.4 Å². The molecule has 0 unspecified atom stereocenters. The summed E-state index contributed by atoms with van der Waals surface area (Å²) in [4.78, 5) is 13.0. The molecule has 0 heterocycles. The Labute approximate surface area is 189 Å². The van der Waals surface area contributed by atoms with E-state index in [2.05, 4.69) is 28.2 Å². The average molecular weight is 449 g/mol. The van der Waals surface area contributed by atoms with Gasteiger partial charge in [0.2, 0.25) is 0 Å². The van der Waals surface area contributed by atoms with Crippen LogP contribution in [0.2, 0.25) is 0 Å². The van der Waals surface area contributed by atoms with Crippen molar-refractivity contribution in [3.05, 3.63) is 94.5 Å². The number of hydrogen-bond donors (Lipinski definition) is 2. The first kappa shape index (κ1) is 22.1. The van der Waals surface area contributed by atoms with Crippen LogP contribution in [0.4, 0.5) is 5.69 Å². The van der Waals surface area contributed by atoms with Gasteiger partial charge in [-0.15, -0.1) is 0 Å². The van der Waals surface area contributed by atoms with Crippen LogP contribution in [0.25, 0.3) is 0 Å². The second kappa shape index (κ2) is 9.17. The van der Waals surface area contributed by atoms with Crippen LogP contribution in [0.15, 0.2) is 71.6 Å². The molecule has 0 saturated carbocycles. The Morgan fingerprint density at radius 1 is 0.906 bits per heavy atom. The number of benzene rings is 3. The lowest BCUT2D eigenvalue weighted by molar-refractivity contribution is 0.0940. The summed E-state index contributed by atoms with van der Waals surface area (Å²) >= 11 is 0. The van der Waals surface area contributed by atoms with E-state index < -0.39 is 10.0 Å². The van der Waals surface area contributed by atoms with Gasteiger partial charge < -0.3 is 5.32 Å². The molecule has 0 aliphatic heterocycles. The van der Waals surface area contributed by atoms with Crippen molar-refractivity contribution in [1.29, 1.82) is 0 Å². The lowest BCUT2D eigenvalue weighted by Gasteiger charge is -2.20. The van der Waals surface area contributed by atoms with Crippen molar-refractivity contribution in [2.24, 2.45) is 0 Å². The summed E-state index contributed by atoms with van der Waals surface area (Å²) in [7, 11) is -3.73. The number of carbonyl (C=O) groups is 1. The predicted molar refractivity (Wildman–Crippen MR) is 127 cm³/mol. The molecule has 4 rings (SSSR count). The zero-order valence-electron chi connectivity index (χ0n) is 18.4. The maximum Gasteiger partial charge on any atom is 0.261 e. The van der Waals surface area contributed by atoms with Gasteiger partial charge in [0.15, 0.2) is 0 Å². The highest BCUT2D eigenvalue weighted by molar-refractivity contribution is 7.92. The third-order valence-corrected chi connectivity index (χ3v) is 7.33. The third-order valence-electron chi connectivity index (χ3n) is 5.93. The number of hydrogen-bond acceptors (Lipinski definition) is 3. The van der Waals surface area contributed by atoms with E-state index in [4.69, 9.17) is 0 Å². The molecule has 166 valence electrons. The van der Waals surface area contributed by atoms with Gasteiger partial charge in [0.05, 0.1) is 10.9 Å². The molecule has 0 bridgehead atoms. The Bertz CT molecular complexity index is 1230. The van der Waals surface area contributed by atoms with E-state index in [1.54, 1.807) is 48.5 Å². The average Bonchev–Trinajstić information content (AvgIpc) is 2.79. The molecular weight excluding hydrogens is 420 g/mol. The van der Waals surface area contributed by atoms with Gasteiger partial charge in [0.25, 0.3) is 15.9 Å². The Hall–Kier alpha value is -3.12. The molecule has 1 amide bonds. The lowest BCUT2D eigenvalue weighted by Crippen LogP contribution is -2.27. The molecule has 5 nitrogen and oxygen atoms in total. The molecule has 1 atom stereocenters. The summed E-state index contributed by atoms with van der Waals surface area (Å²) in [5, 5.41) is 3.03. The molecule has 3 aromatic rings.